The Balaban J connectivity index is 1.96. The molecule has 0 fully saturated rings. The van der Waals surface area contributed by atoms with Gasteiger partial charge in [0, 0.05) is 19.1 Å². The highest BCUT2D eigenvalue weighted by Crippen LogP contribution is 2.14. The van der Waals surface area contributed by atoms with Gasteiger partial charge >= 0.3 is 11.8 Å². The van der Waals surface area contributed by atoms with Crippen LogP contribution in [0.1, 0.15) is 26.3 Å². The quantitative estimate of drug-likeness (QED) is 0.905. The smallest absolute Gasteiger partial charge is 0.408 e. The summed E-state index contributed by atoms with van der Waals surface area (Å²) in [6.45, 7) is 6.32. The molecule has 6 heteroatoms. The van der Waals surface area contributed by atoms with Crippen LogP contribution in [0.4, 0.5) is 4.79 Å². The molecular formula is C15H21N3O3. The Morgan fingerprint density at radius 2 is 2.05 bits per heavy atom. The van der Waals surface area contributed by atoms with E-state index in [1.54, 1.807) is 13.1 Å². The van der Waals surface area contributed by atoms with Crippen molar-refractivity contribution in [1.29, 1.82) is 0 Å². The van der Waals surface area contributed by atoms with Crippen LogP contribution in [-0.4, -0.2) is 22.7 Å². The number of aromatic nitrogens is 1. The summed E-state index contributed by atoms with van der Waals surface area (Å²) in [6.07, 6.45) is 0.687. The second kappa shape index (κ2) is 5.63. The van der Waals surface area contributed by atoms with Crippen molar-refractivity contribution < 1.29 is 9.21 Å². The number of carbonyl (C=O) groups is 1. The maximum absolute atomic E-state index is 11.6. The summed E-state index contributed by atoms with van der Waals surface area (Å²) in [5, 5.41) is 5.65. The maximum atomic E-state index is 11.6. The molecule has 2 rings (SSSR count). The normalized spacial score (nSPS) is 11.6. The number of nitrogens with zero attached hydrogens (tertiary/aromatic N) is 1. The molecule has 6 nitrogen and oxygen atoms in total. The molecule has 1 aromatic heterocycles. The molecule has 0 radical (unpaired) electrons. The zero-order valence-electron chi connectivity index (χ0n) is 12.8. The molecule has 2 N–H and O–H groups in total. The van der Waals surface area contributed by atoms with Gasteiger partial charge in [-0.3, -0.25) is 4.57 Å². The Morgan fingerprint density at radius 3 is 2.71 bits per heavy atom. The number of nitrogens with one attached hydrogen (secondary N) is 2. The van der Waals surface area contributed by atoms with Gasteiger partial charge in [-0.05, 0) is 44.9 Å². The Kier molecular flexibility index (Phi) is 4.06. The highest BCUT2D eigenvalue weighted by molar-refractivity contribution is 5.75. The topological polar surface area (TPSA) is 76.3 Å². The van der Waals surface area contributed by atoms with Gasteiger partial charge < -0.3 is 15.1 Å². The molecule has 0 aliphatic heterocycles. The van der Waals surface area contributed by atoms with Crippen molar-refractivity contribution in [2.75, 3.05) is 6.54 Å². The summed E-state index contributed by atoms with van der Waals surface area (Å²) in [5.74, 6) is -0.371. The third-order valence-electron chi connectivity index (χ3n) is 3.04. The minimum atomic E-state index is -0.371. The molecule has 0 aliphatic rings. The van der Waals surface area contributed by atoms with Crippen LogP contribution in [0, 0.1) is 0 Å². The van der Waals surface area contributed by atoms with E-state index in [-0.39, 0.29) is 17.3 Å². The van der Waals surface area contributed by atoms with E-state index >= 15 is 0 Å². The van der Waals surface area contributed by atoms with Crippen LogP contribution < -0.4 is 16.4 Å². The lowest BCUT2D eigenvalue weighted by atomic mass is 10.1. The number of carbonyl (C=O) groups excluding carboxylic acids is 1. The van der Waals surface area contributed by atoms with Gasteiger partial charge in [0.25, 0.3) is 0 Å². The lowest BCUT2D eigenvalue weighted by Crippen LogP contribution is -2.46. The third-order valence-corrected chi connectivity index (χ3v) is 3.04. The highest BCUT2D eigenvalue weighted by atomic mass is 16.4. The molecule has 2 amide bonds. The monoisotopic (exact) mass is 291 g/mol. The van der Waals surface area contributed by atoms with E-state index in [0.717, 1.165) is 11.1 Å². The van der Waals surface area contributed by atoms with Crippen molar-refractivity contribution in [3.63, 3.8) is 0 Å². The molecule has 1 heterocycles. The van der Waals surface area contributed by atoms with Crippen molar-refractivity contribution in [3.05, 3.63) is 34.3 Å². The van der Waals surface area contributed by atoms with E-state index in [1.807, 2.05) is 32.9 Å². The van der Waals surface area contributed by atoms with Crippen LogP contribution in [0.2, 0.25) is 0 Å². The SMILES string of the molecule is Cn1c(=O)oc2ccc(CCNC(=O)NC(C)(C)C)cc21. The molecule has 0 saturated carbocycles. The molecular weight excluding hydrogens is 270 g/mol. The largest absolute Gasteiger partial charge is 0.419 e. The first kappa shape index (κ1) is 15.2. The van der Waals surface area contributed by atoms with E-state index in [4.69, 9.17) is 4.42 Å². The molecule has 2 aromatic rings. The number of hydrogen-bond acceptors (Lipinski definition) is 3. The number of hydrogen-bond donors (Lipinski definition) is 2. The lowest BCUT2D eigenvalue weighted by Gasteiger charge is -2.20. The van der Waals surface area contributed by atoms with E-state index in [9.17, 15) is 9.59 Å². The summed E-state index contributed by atoms with van der Waals surface area (Å²) in [7, 11) is 1.67. The van der Waals surface area contributed by atoms with Gasteiger partial charge in [0.15, 0.2) is 5.58 Å². The van der Waals surface area contributed by atoms with E-state index in [2.05, 4.69) is 10.6 Å². The van der Waals surface area contributed by atoms with Gasteiger partial charge in [-0.25, -0.2) is 9.59 Å². The summed E-state index contributed by atoms with van der Waals surface area (Å²) in [4.78, 5) is 23.1. The molecule has 0 unspecified atom stereocenters. The molecule has 0 saturated heterocycles. The summed E-state index contributed by atoms with van der Waals surface area (Å²) in [6, 6.07) is 5.40. The van der Waals surface area contributed by atoms with Gasteiger partial charge in [0.1, 0.15) is 0 Å². The number of fused-ring (bicyclic) bond motifs is 1. The van der Waals surface area contributed by atoms with Crippen molar-refractivity contribution in [3.8, 4) is 0 Å². The number of aryl methyl sites for hydroxylation is 1. The standard InChI is InChI=1S/C15H21N3O3/c1-15(2,3)17-13(19)16-8-7-10-5-6-12-11(9-10)18(4)14(20)21-12/h5-6,9H,7-8H2,1-4H3,(H2,16,17,19). The van der Waals surface area contributed by atoms with Crippen LogP contribution in [0.3, 0.4) is 0 Å². The number of benzene rings is 1. The van der Waals surface area contributed by atoms with Crippen LogP contribution in [0.25, 0.3) is 11.1 Å². The Bertz CT molecular complexity index is 707. The molecule has 1 aromatic carbocycles. The average Bonchev–Trinajstić information content (AvgIpc) is 2.63. The predicted octanol–water partition coefficient (Wildman–Crippen LogP) is 1.77. The molecule has 0 aliphatic carbocycles. The van der Waals surface area contributed by atoms with Crippen LogP contribution in [0.5, 0.6) is 0 Å². The van der Waals surface area contributed by atoms with Gasteiger partial charge in [-0.2, -0.15) is 0 Å². The zero-order valence-corrected chi connectivity index (χ0v) is 12.8. The van der Waals surface area contributed by atoms with Crippen LogP contribution >= 0.6 is 0 Å². The first-order valence-electron chi connectivity index (χ1n) is 6.91. The van der Waals surface area contributed by atoms with Crippen molar-refractivity contribution in [2.45, 2.75) is 32.7 Å². The number of amides is 2. The summed E-state index contributed by atoms with van der Waals surface area (Å²) in [5.41, 5.74) is 2.12. The molecule has 0 spiro atoms. The molecule has 21 heavy (non-hydrogen) atoms. The van der Waals surface area contributed by atoms with Crippen molar-refractivity contribution in [2.24, 2.45) is 7.05 Å². The van der Waals surface area contributed by atoms with Gasteiger partial charge in [-0.1, -0.05) is 6.07 Å². The minimum absolute atomic E-state index is 0.181. The van der Waals surface area contributed by atoms with Gasteiger partial charge in [0.05, 0.1) is 5.52 Å². The number of urea groups is 1. The maximum Gasteiger partial charge on any atom is 0.419 e. The fraction of sp³-hybridized carbons (Fsp3) is 0.467. The fourth-order valence-corrected chi connectivity index (χ4v) is 2.03. The van der Waals surface area contributed by atoms with Gasteiger partial charge in [-0.15, -0.1) is 0 Å². The average molecular weight is 291 g/mol. The number of rotatable bonds is 3. The number of oxazole rings is 1. The molecule has 0 atom stereocenters. The summed E-state index contributed by atoms with van der Waals surface area (Å²) >= 11 is 0. The lowest BCUT2D eigenvalue weighted by molar-refractivity contribution is 0.232. The Labute approximate surface area is 123 Å². The van der Waals surface area contributed by atoms with E-state index in [1.165, 1.54) is 4.57 Å². The van der Waals surface area contributed by atoms with Crippen molar-refractivity contribution in [1.82, 2.24) is 15.2 Å². The summed E-state index contributed by atoms with van der Waals surface area (Å²) < 4.78 is 6.55. The van der Waals surface area contributed by atoms with Gasteiger partial charge in [0.2, 0.25) is 0 Å². The first-order chi connectivity index (χ1) is 9.76. The second-order valence-corrected chi connectivity index (χ2v) is 6.11. The second-order valence-electron chi connectivity index (χ2n) is 6.11. The Hall–Kier alpha value is -2.24. The van der Waals surface area contributed by atoms with Crippen molar-refractivity contribution >= 4 is 17.1 Å². The Morgan fingerprint density at radius 1 is 1.33 bits per heavy atom. The van der Waals surface area contributed by atoms with E-state index in [0.29, 0.717) is 18.5 Å². The third kappa shape index (κ3) is 3.87. The highest BCUT2D eigenvalue weighted by Gasteiger charge is 2.13. The molecule has 0 bridgehead atoms. The fourth-order valence-electron chi connectivity index (χ4n) is 2.03. The minimum Gasteiger partial charge on any atom is -0.408 e. The predicted molar refractivity (Wildman–Crippen MR) is 81.4 cm³/mol. The molecule has 114 valence electrons. The zero-order chi connectivity index (χ0) is 15.6. The first-order valence-corrected chi connectivity index (χ1v) is 6.91. The van der Waals surface area contributed by atoms with Crippen LogP contribution in [0.15, 0.2) is 27.4 Å². The van der Waals surface area contributed by atoms with Crippen LogP contribution in [-0.2, 0) is 13.5 Å². The van der Waals surface area contributed by atoms with E-state index < -0.39 is 0 Å².